The number of rotatable bonds is 2. The number of amides is 1. The molecule has 1 amide bonds. The average Bonchev–Trinajstić information content (AvgIpc) is 3.03. The molecule has 0 saturated carbocycles. The van der Waals surface area contributed by atoms with Crippen molar-refractivity contribution >= 4 is 5.91 Å². The second-order valence-corrected chi connectivity index (χ2v) is 8.08. The maximum Gasteiger partial charge on any atom is 0.252 e. The van der Waals surface area contributed by atoms with Gasteiger partial charge in [-0.3, -0.25) is 14.8 Å². The Hall–Kier alpha value is -3.01. The van der Waals surface area contributed by atoms with E-state index in [0.29, 0.717) is 23.3 Å². The van der Waals surface area contributed by atoms with Gasteiger partial charge in [0.25, 0.3) is 6.43 Å². The maximum absolute atomic E-state index is 13.4. The number of carbonyl (C=O) groups is 1. The molecule has 2 aliphatic rings. The Morgan fingerprint density at radius 1 is 1.24 bits per heavy atom. The van der Waals surface area contributed by atoms with E-state index in [1.54, 1.807) is 24.8 Å². The Morgan fingerprint density at radius 3 is 2.72 bits per heavy atom. The third-order valence-corrected chi connectivity index (χ3v) is 5.40. The first-order chi connectivity index (χ1) is 13.8. The number of hydrogen-bond acceptors (Lipinski definition) is 4. The van der Waals surface area contributed by atoms with Gasteiger partial charge in [0, 0.05) is 42.3 Å². The second kappa shape index (κ2) is 7.11. The molecule has 0 radical (unpaired) electrons. The van der Waals surface area contributed by atoms with Crippen molar-refractivity contribution in [2.45, 2.75) is 45.8 Å². The number of nitrogens with zero attached hydrogens (tertiary/aromatic N) is 3. The van der Waals surface area contributed by atoms with E-state index in [0.717, 1.165) is 11.1 Å². The lowest BCUT2D eigenvalue weighted by molar-refractivity contribution is -0.149. The van der Waals surface area contributed by atoms with Gasteiger partial charge in [0.1, 0.15) is 17.3 Å². The zero-order valence-corrected chi connectivity index (χ0v) is 16.4. The molecule has 0 aromatic carbocycles. The summed E-state index contributed by atoms with van der Waals surface area (Å²) < 4.78 is 32.9. The van der Waals surface area contributed by atoms with Gasteiger partial charge >= 0.3 is 0 Å². The van der Waals surface area contributed by atoms with Crippen LogP contribution in [0.25, 0.3) is 0 Å². The summed E-state index contributed by atoms with van der Waals surface area (Å²) in [5.74, 6) is 6.15. The van der Waals surface area contributed by atoms with E-state index < -0.39 is 17.7 Å². The number of halogens is 2. The number of alkyl halides is 2. The van der Waals surface area contributed by atoms with E-state index in [9.17, 15) is 13.6 Å². The first-order valence-electron chi connectivity index (χ1n) is 9.45. The second-order valence-electron chi connectivity index (χ2n) is 8.08. The minimum Gasteiger partial charge on any atom is -0.487 e. The van der Waals surface area contributed by atoms with E-state index in [-0.39, 0.29) is 18.7 Å². The van der Waals surface area contributed by atoms with Gasteiger partial charge in [0.2, 0.25) is 5.91 Å². The highest BCUT2D eigenvalue weighted by atomic mass is 19.3. The highest BCUT2D eigenvalue weighted by Crippen LogP contribution is 2.46. The van der Waals surface area contributed by atoms with Gasteiger partial charge in [-0.2, -0.15) is 0 Å². The van der Waals surface area contributed by atoms with Crippen LogP contribution < -0.4 is 4.74 Å². The fraction of sp³-hybridized carbons (Fsp3) is 0.409. The Balaban J connectivity index is 1.68. The smallest absolute Gasteiger partial charge is 0.252 e. The maximum atomic E-state index is 13.4. The topological polar surface area (TPSA) is 55.3 Å². The lowest BCUT2D eigenvalue weighted by Crippen LogP contribution is -2.44. The number of hydrogen-bond donors (Lipinski definition) is 0. The lowest BCUT2D eigenvalue weighted by atomic mass is 9.91. The Kier molecular flexibility index (Phi) is 4.73. The van der Waals surface area contributed by atoms with Gasteiger partial charge in [0.15, 0.2) is 0 Å². The minimum absolute atomic E-state index is 0.242. The fourth-order valence-corrected chi connectivity index (χ4v) is 3.72. The lowest BCUT2D eigenvalue weighted by Gasteiger charge is -2.32. The molecule has 2 aromatic rings. The Morgan fingerprint density at radius 2 is 2.00 bits per heavy atom. The van der Waals surface area contributed by atoms with Crippen LogP contribution in [0.5, 0.6) is 5.75 Å². The molecule has 0 unspecified atom stereocenters. The van der Waals surface area contributed by atoms with E-state index in [2.05, 4.69) is 21.8 Å². The summed E-state index contributed by atoms with van der Waals surface area (Å²) in [4.78, 5) is 22.7. The zero-order chi connectivity index (χ0) is 20.8. The quantitative estimate of drug-likeness (QED) is 0.728. The molecule has 0 aliphatic carbocycles. The molecule has 7 heteroatoms. The van der Waals surface area contributed by atoms with E-state index in [1.807, 2.05) is 13.0 Å². The van der Waals surface area contributed by atoms with Gasteiger partial charge in [0.05, 0.1) is 18.2 Å². The van der Waals surface area contributed by atoms with E-state index in [1.165, 1.54) is 18.7 Å². The molecular formula is C22H21F2N3O2. The number of carbonyl (C=O) groups excluding carboxylic acids is 1. The number of pyridine rings is 2. The molecular weight excluding hydrogens is 376 g/mol. The monoisotopic (exact) mass is 397 g/mol. The molecule has 4 heterocycles. The molecule has 1 saturated heterocycles. The van der Waals surface area contributed by atoms with Crippen LogP contribution in [0, 0.1) is 24.2 Å². The highest BCUT2D eigenvalue weighted by Gasteiger charge is 2.49. The molecule has 2 aliphatic heterocycles. The van der Waals surface area contributed by atoms with Crippen LogP contribution in [0.2, 0.25) is 0 Å². The van der Waals surface area contributed by atoms with Crippen LogP contribution >= 0.6 is 0 Å². The van der Waals surface area contributed by atoms with Crippen LogP contribution in [0.4, 0.5) is 8.78 Å². The van der Waals surface area contributed by atoms with E-state index >= 15 is 0 Å². The SMILES string of the molecule is Cc1cncc(C#Cc2cncc3c2O[C@H]2C[C@@H]3N(C(=O)C(C)(C)C(F)F)C2)c1. The van der Waals surface area contributed by atoms with Crippen LogP contribution in [0.1, 0.15) is 48.6 Å². The van der Waals surface area contributed by atoms with Crippen molar-refractivity contribution in [1.29, 1.82) is 0 Å². The predicted molar refractivity (Wildman–Crippen MR) is 102 cm³/mol. The summed E-state index contributed by atoms with van der Waals surface area (Å²) >= 11 is 0. The van der Waals surface area contributed by atoms with Crippen molar-refractivity contribution in [3.8, 4) is 17.6 Å². The predicted octanol–water partition coefficient (Wildman–Crippen LogP) is 3.51. The van der Waals surface area contributed by atoms with Crippen molar-refractivity contribution in [2.24, 2.45) is 5.41 Å². The third kappa shape index (κ3) is 3.44. The van der Waals surface area contributed by atoms with Crippen LogP contribution in [-0.2, 0) is 4.79 Å². The summed E-state index contributed by atoms with van der Waals surface area (Å²) in [7, 11) is 0. The van der Waals surface area contributed by atoms with Gasteiger partial charge in [-0.25, -0.2) is 8.78 Å². The third-order valence-electron chi connectivity index (χ3n) is 5.40. The number of aryl methyl sites for hydroxylation is 1. The first kappa shape index (κ1) is 19.3. The summed E-state index contributed by atoms with van der Waals surface area (Å²) in [5, 5.41) is 0. The van der Waals surface area contributed by atoms with Crippen LogP contribution in [0.3, 0.4) is 0 Å². The van der Waals surface area contributed by atoms with Gasteiger partial charge in [-0.1, -0.05) is 11.8 Å². The summed E-state index contributed by atoms with van der Waals surface area (Å²) in [5.41, 5.74) is 1.36. The van der Waals surface area contributed by atoms with Crippen molar-refractivity contribution in [3.63, 3.8) is 0 Å². The summed E-state index contributed by atoms with van der Waals surface area (Å²) in [6.45, 7) is 4.78. The first-order valence-corrected chi connectivity index (χ1v) is 9.45. The van der Waals surface area contributed by atoms with Gasteiger partial charge in [-0.05, 0) is 32.4 Å². The molecule has 2 aromatic heterocycles. The number of ether oxygens (including phenoxy) is 1. The fourth-order valence-electron chi connectivity index (χ4n) is 3.72. The molecule has 29 heavy (non-hydrogen) atoms. The molecule has 0 spiro atoms. The number of likely N-dealkylation sites (tertiary alicyclic amines) is 1. The largest absolute Gasteiger partial charge is 0.487 e. The summed E-state index contributed by atoms with van der Waals surface area (Å²) in [6, 6.07) is 1.60. The molecule has 2 bridgehead atoms. The molecule has 1 fully saturated rings. The van der Waals surface area contributed by atoms with Crippen molar-refractivity contribution in [3.05, 3.63) is 53.1 Å². The van der Waals surface area contributed by atoms with Crippen molar-refractivity contribution in [1.82, 2.24) is 14.9 Å². The number of aromatic nitrogens is 2. The minimum atomic E-state index is -2.74. The van der Waals surface area contributed by atoms with E-state index in [4.69, 9.17) is 4.74 Å². The van der Waals surface area contributed by atoms with Crippen molar-refractivity contribution < 1.29 is 18.3 Å². The zero-order valence-electron chi connectivity index (χ0n) is 16.4. The highest BCUT2D eigenvalue weighted by molar-refractivity contribution is 5.83. The molecule has 5 nitrogen and oxygen atoms in total. The molecule has 0 N–H and O–H groups in total. The number of fused-ring (bicyclic) bond motifs is 4. The van der Waals surface area contributed by atoms with Gasteiger partial charge in [-0.15, -0.1) is 0 Å². The Labute approximate surface area is 168 Å². The molecule has 150 valence electrons. The van der Waals surface area contributed by atoms with Gasteiger partial charge < -0.3 is 9.64 Å². The van der Waals surface area contributed by atoms with Crippen molar-refractivity contribution in [2.75, 3.05) is 6.54 Å². The Bertz CT molecular complexity index is 1030. The summed E-state index contributed by atoms with van der Waals surface area (Å²) in [6.07, 6.45) is 4.27. The van der Waals surface area contributed by atoms with Crippen LogP contribution in [0.15, 0.2) is 30.9 Å². The average molecular weight is 397 g/mol. The molecule has 2 atom stereocenters. The normalized spacial score (nSPS) is 20.0. The van der Waals surface area contributed by atoms with Crippen LogP contribution in [-0.4, -0.2) is 39.8 Å². The standard InChI is InChI=1S/C22H21F2N3O2/c1-13-6-14(9-25-8-13)4-5-15-10-26-11-17-18-7-16(29-19(15)17)12-27(18)21(28)22(2,3)20(23)24/h6,8-11,16,18,20H,7,12H2,1-3H3/t16-,18-/m0/s1. The molecule has 4 rings (SSSR count).